The molecule has 2 aromatic rings. The van der Waals surface area contributed by atoms with Gasteiger partial charge in [0.15, 0.2) is 0 Å². The fourth-order valence-electron chi connectivity index (χ4n) is 2.45. The molecule has 0 fully saturated rings. The van der Waals surface area contributed by atoms with Gasteiger partial charge in [-0.3, -0.25) is 9.59 Å². The van der Waals surface area contributed by atoms with Gasteiger partial charge in [-0.15, -0.1) is 0 Å². The Hall–Kier alpha value is -2.82. The van der Waals surface area contributed by atoms with E-state index in [1.807, 2.05) is 42.5 Å². The SMILES string of the molecule is CC(=O)NCCC(=O)NCCCc1ccc(OCc2ccccc2)cc1. The van der Waals surface area contributed by atoms with E-state index in [0.717, 1.165) is 24.2 Å². The average molecular weight is 354 g/mol. The second-order valence-corrected chi connectivity index (χ2v) is 6.10. The minimum atomic E-state index is -0.117. The van der Waals surface area contributed by atoms with E-state index in [4.69, 9.17) is 4.74 Å². The van der Waals surface area contributed by atoms with Gasteiger partial charge in [-0.2, -0.15) is 0 Å². The number of amides is 2. The fourth-order valence-corrected chi connectivity index (χ4v) is 2.45. The van der Waals surface area contributed by atoms with Crippen LogP contribution in [-0.4, -0.2) is 24.9 Å². The largest absolute Gasteiger partial charge is 0.489 e. The van der Waals surface area contributed by atoms with Gasteiger partial charge in [-0.1, -0.05) is 42.5 Å². The summed E-state index contributed by atoms with van der Waals surface area (Å²) in [4.78, 5) is 22.3. The second-order valence-electron chi connectivity index (χ2n) is 6.10. The van der Waals surface area contributed by atoms with Crippen molar-refractivity contribution in [1.82, 2.24) is 10.6 Å². The van der Waals surface area contributed by atoms with Crippen molar-refractivity contribution < 1.29 is 14.3 Å². The summed E-state index contributed by atoms with van der Waals surface area (Å²) in [5.41, 5.74) is 2.36. The minimum absolute atomic E-state index is 0.0385. The molecule has 138 valence electrons. The molecule has 0 saturated heterocycles. The fraction of sp³-hybridized carbons (Fsp3) is 0.333. The third kappa shape index (κ3) is 7.83. The maximum Gasteiger partial charge on any atom is 0.221 e. The molecule has 0 aliphatic rings. The molecule has 2 rings (SSSR count). The summed E-state index contributed by atoms with van der Waals surface area (Å²) in [6.45, 7) is 3.01. The molecule has 0 aromatic heterocycles. The predicted molar refractivity (Wildman–Crippen MR) is 102 cm³/mol. The third-order valence-electron chi connectivity index (χ3n) is 3.86. The molecule has 0 bridgehead atoms. The van der Waals surface area contributed by atoms with Gasteiger partial charge in [0.25, 0.3) is 0 Å². The molecule has 0 heterocycles. The molecular weight excluding hydrogens is 328 g/mol. The van der Waals surface area contributed by atoms with Crippen molar-refractivity contribution >= 4 is 11.8 Å². The number of hydrogen-bond donors (Lipinski definition) is 2. The number of ether oxygens (including phenoxy) is 1. The van der Waals surface area contributed by atoms with Crippen molar-refractivity contribution in [2.45, 2.75) is 32.8 Å². The van der Waals surface area contributed by atoms with Gasteiger partial charge >= 0.3 is 0 Å². The first-order chi connectivity index (χ1) is 12.6. The van der Waals surface area contributed by atoms with E-state index in [9.17, 15) is 9.59 Å². The monoisotopic (exact) mass is 354 g/mol. The van der Waals surface area contributed by atoms with Crippen molar-refractivity contribution in [2.24, 2.45) is 0 Å². The van der Waals surface area contributed by atoms with Crippen LogP contribution in [0.4, 0.5) is 0 Å². The Labute approximate surface area is 154 Å². The summed E-state index contributed by atoms with van der Waals surface area (Å²) in [6.07, 6.45) is 2.08. The Morgan fingerprint density at radius 1 is 0.885 bits per heavy atom. The second kappa shape index (κ2) is 10.9. The standard InChI is InChI=1S/C21H26N2O3/c1-17(24)22-15-13-21(25)23-14-5-8-18-9-11-20(12-10-18)26-16-19-6-3-2-4-7-19/h2-4,6-7,9-12H,5,8,13-16H2,1H3,(H,22,24)(H,23,25). The van der Waals surface area contributed by atoms with Crippen LogP contribution in [0.1, 0.15) is 30.9 Å². The van der Waals surface area contributed by atoms with Crippen LogP contribution < -0.4 is 15.4 Å². The number of carbonyl (C=O) groups excluding carboxylic acids is 2. The number of nitrogens with one attached hydrogen (secondary N) is 2. The maximum atomic E-state index is 11.6. The van der Waals surface area contributed by atoms with E-state index < -0.39 is 0 Å². The van der Waals surface area contributed by atoms with Gasteiger partial charge in [0, 0.05) is 26.4 Å². The van der Waals surface area contributed by atoms with Gasteiger partial charge in [-0.05, 0) is 36.1 Å². The lowest BCUT2D eigenvalue weighted by atomic mass is 10.1. The molecule has 0 unspecified atom stereocenters. The van der Waals surface area contributed by atoms with Crippen LogP contribution in [0.2, 0.25) is 0 Å². The topological polar surface area (TPSA) is 67.4 Å². The normalized spacial score (nSPS) is 10.2. The molecule has 0 atom stereocenters. The smallest absolute Gasteiger partial charge is 0.221 e. The van der Waals surface area contributed by atoms with E-state index in [-0.39, 0.29) is 11.8 Å². The lowest BCUT2D eigenvalue weighted by Gasteiger charge is -2.08. The number of carbonyl (C=O) groups is 2. The lowest BCUT2D eigenvalue weighted by molar-refractivity contribution is -0.121. The van der Waals surface area contributed by atoms with E-state index >= 15 is 0 Å². The molecule has 2 aromatic carbocycles. The van der Waals surface area contributed by atoms with E-state index in [1.54, 1.807) is 0 Å². The van der Waals surface area contributed by atoms with Crippen molar-refractivity contribution in [1.29, 1.82) is 0 Å². The molecule has 5 nitrogen and oxygen atoms in total. The van der Waals surface area contributed by atoms with Crippen molar-refractivity contribution in [3.05, 3.63) is 65.7 Å². The Bertz CT molecular complexity index is 684. The highest BCUT2D eigenvalue weighted by Crippen LogP contribution is 2.15. The Balaban J connectivity index is 1.61. The van der Waals surface area contributed by atoms with Gasteiger partial charge in [0.1, 0.15) is 12.4 Å². The quantitative estimate of drug-likeness (QED) is 0.645. The Kier molecular flexibility index (Phi) is 8.19. The van der Waals surface area contributed by atoms with Gasteiger partial charge in [-0.25, -0.2) is 0 Å². The highest BCUT2D eigenvalue weighted by molar-refractivity contribution is 5.77. The van der Waals surface area contributed by atoms with Gasteiger partial charge in [0.05, 0.1) is 0 Å². The van der Waals surface area contributed by atoms with Gasteiger partial charge in [0.2, 0.25) is 11.8 Å². The molecular formula is C21H26N2O3. The summed E-state index contributed by atoms with van der Waals surface area (Å²) in [5.74, 6) is 0.696. The Morgan fingerprint density at radius 2 is 1.62 bits per heavy atom. The molecule has 0 saturated carbocycles. The average Bonchev–Trinajstić information content (AvgIpc) is 2.65. The molecule has 0 radical (unpaired) electrons. The highest BCUT2D eigenvalue weighted by atomic mass is 16.5. The Morgan fingerprint density at radius 3 is 2.31 bits per heavy atom. The lowest BCUT2D eigenvalue weighted by Crippen LogP contribution is -2.30. The first kappa shape index (κ1) is 19.5. The molecule has 26 heavy (non-hydrogen) atoms. The molecule has 0 aliphatic heterocycles. The zero-order valence-electron chi connectivity index (χ0n) is 15.2. The van der Waals surface area contributed by atoms with E-state index in [2.05, 4.69) is 22.8 Å². The van der Waals surface area contributed by atoms with Crippen LogP contribution in [-0.2, 0) is 22.6 Å². The van der Waals surface area contributed by atoms with Crippen molar-refractivity contribution in [3.8, 4) is 5.75 Å². The number of aryl methyl sites for hydroxylation is 1. The van der Waals surface area contributed by atoms with Gasteiger partial charge < -0.3 is 15.4 Å². The van der Waals surface area contributed by atoms with Crippen LogP contribution in [0.25, 0.3) is 0 Å². The van der Waals surface area contributed by atoms with Crippen LogP contribution in [0.3, 0.4) is 0 Å². The summed E-state index contributed by atoms with van der Waals surface area (Å²) in [5, 5.41) is 5.47. The summed E-state index contributed by atoms with van der Waals surface area (Å²) >= 11 is 0. The number of benzene rings is 2. The van der Waals surface area contributed by atoms with Crippen LogP contribution in [0.5, 0.6) is 5.75 Å². The predicted octanol–water partition coefficient (Wildman–Crippen LogP) is 2.84. The van der Waals surface area contributed by atoms with Crippen molar-refractivity contribution in [3.63, 3.8) is 0 Å². The van der Waals surface area contributed by atoms with E-state index in [1.165, 1.54) is 12.5 Å². The zero-order chi connectivity index (χ0) is 18.6. The zero-order valence-corrected chi connectivity index (χ0v) is 15.2. The van der Waals surface area contributed by atoms with Crippen molar-refractivity contribution in [2.75, 3.05) is 13.1 Å². The first-order valence-corrected chi connectivity index (χ1v) is 8.90. The maximum absolute atomic E-state index is 11.6. The molecule has 2 N–H and O–H groups in total. The van der Waals surface area contributed by atoms with E-state index in [0.29, 0.717) is 26.1 Å². The summed E-state index contributed by atoms with van der Waals surface area (Å²) in [6, 6.07) is 18.1. The number of hydrogen-bond acceptors (Lipinski definition) is 3. The molecule has 2 amide bonds. The molecule has 5 heteroatoms. The van der Waals surface area contributed by atoms with Crippen LogP contribution in [0.15, 0.2) is 54.6 Å². The molecule has 0 spiro atoms. The molecule has 0 aliphatic carbocycles. The third-order valence-corrected chi connectivity index (χ3v) is 3.86. The van der Waals surface area contributed by atoms with Crippen LogP contribution >= 0.6 is 0 Å². The highest BCUT2D eigenvalue weighted by Gasteiger charge is 2.02. The summed E-state index contributed by atoms with van der Waals surface area (Å²) < 4.78 is 5.77. The number of rotatable bonds is 10. The minimum Gasteiger partial charge on any atom is -0.489 e. The summed E-state index contributed by atoms with van der Waals surface area (Å²) in [7, 11) is 0. The first-order valence-electron chi connectivity index (χ1n) is 8.90. The van der Waals surface area contributed by atoms with Crippen LogP contribution in [0, 0.1) is 0 Å².